The number of carbonyl (C=O) groups excluding carboxylic acids is 2. The summed E-state index contributed by atoms with van der Waals surface area (Å²) in [4.78, 5) is 25.8. The van der Waals surface area contributed by atoms with Crippen LogP contribution in [0.2, 0.25) is 0 Å². The molecule has 0 aromatic carbocycles. The molecule has 1 N–H and O–H groups in total. The van der Waals surface area contributed by atoms with Gasteiger partial charge < -0.3 is 9.84 Å². The SMILES string of the molecule is CCOC(=O)[C@]1(O)C[C@@]2(C)C(=CCC3C4CCC(C(C)/C=C/C(C)C(C)C)[C@@]4(C)CCC32)C1=O. The minimum Gasteiger partial charge on any atom is -0.464 e. The van der Waals surface area contributed by atoms with Crippen LogP contribution in [0.4, 0.5) is 0 Å². The fourth-order valence-electron chi connectivity index (χ4n) is 8.53. The molecule has 0 bridgehead atoms. The van der Waals surface area contributed by atoms with Gasteiger partial charge in [0, 0.05) is 17.4 Å². The molecule has 0 aliphatic heterocycles. The number of esters is 1. The molecule has 6 unspecified atom stereocenters. The Balaban J connectivity index is 1.57. The van der Waals surface area contributed by atoms with Crippen LogP contribution in [0.15, 0.2) is 23.8 Å². The quantitative estimate of drug-likeness (QED) is 0.288. The van der Waals surface area contributed by atoms with E-state index in [-0.39, 0.29) is 13.0 Å². The van der Waals surface area contributed by atoms with Gasteiger partial charge in [0.25, 0.3) is 0 Å². The second kappa shape index (κ2) is 8.91. The molecule has 0 aromatic heterocycles. The van der Waals surface area contributed by atoms with E-state index in [0.29, 0.717) is 52.4 Å². The molecule has 0 amide bonds. The zero-order valence-corrected chi connectivity index (χ0v) is 22.4. The number of allylic oxidation sites excluding steroid dienone is 3. The Bertz CT molecular complexity index is 886. The second-order valence-electron chi connectivity index (χ2n) is 12.8. The maximum atomic E-state index is 13.2. The lowest BCUT2D eigenvalue weighted by Gasteiger charge is -2.55. The normalized spacial score (nSPS) is 43.3. The van der Waals surface area contributed by atoms with E-state index in [0.717, 1.165) is 19.3 Å². The molecule has 0 saturated heterocycles. The number of carbonyl (C=O) groups is 2. The standard InChI is InChI=1S/C30H46O4/c1-8-34-27(32)30(33)17-29(7)24-15-16-28(6)22(20(5)10-9-19(4)18(2)3)13-14-23(28)21(24)11-12-25(29)26(30)31/h9-10,12,18-24,33H,8,11,13-17H2,1-7H3/b10-9+/t19?,20?,21?,22?,23?,24?,28-,29-,30+/m1/s1. The summed E-state index contributed by atoms with van der Waals surface area (Å²) in [6.07, 6.45) is 12.8. The third kappa shape index (κ3) is 3.74. The molecule has 4 rings (SSSR count). The molecule has 4 heteroatoms. The second-order valence-corrected chi connectivity index (χ2v) is 12.8. The van der Waals surface area contributed by atoms with E-state index in [1.54, 1.807) is 6.92 Å². The first-order valence-corrected chi connectivity index (χ1v) is 13.7. The third-order valence-corrected chi connectivity index (χ3v) is 10.8. The van der Waals surface area contributed by atoms with Gasteiger partial charge >= 0.3 is 5.97 Å². The highest BCUT2D eigenvalue weighted by Crippen LogP contribution is 2.68. The zero-order chi connectivity index (χ0) is 25.1. The number of rotatable bonds is 6. The number of ether oxygens (including phenoxy) is 1. The molecular weight excluding hydrogens is 424 g/mol. The number of ketones is 1. The molecule has 0 aromatic rings. The molecule has 190 valence electrons. The van der Waals surface area contributed by atoms with Crippen molar-refractivity contribution in [2.75, 3.05) is 6.61 Å². The van der Waals surface area contributed by atoms with Gasteiger partial charge in [-0.2, -0.15) is 0 Å². The third-order valence-electron chi connectivity index (χ3n) is 10.8. The maximum Gasteiger partial charge on any atom is 0.346 e. The average molecular weight is 471 g/mol. The maximum absolute atomic E-state index is 13.2. The van der Waals surface area contributed by atoms with Crippen molar-refractivity contribution in [2.24, 2.45) is 52.3 Å². The smallest absolute Gasteiger partial charge is 0.346 e. The monoisotopic (exact) mass is 470 g/mol. The van der Waals surface area contributed by atoms with Crippen molar-refractivity contribution < 1.29 is 19.4 Å². The van der Waals surface area contributed by atoms with Gasteiger partial charge in [-0.3, -0.25) is 4.79 Å². The lowest BCUT2D eigenvalue weighted by molar-refractivity contribution is -0.169. The average Bonchev–Trinajstić information content (AvgIpc) is 3.23. The van der Waals surface area contributed by atoms with Gasteiger partial charge in [-0.25, -0.2) is 4.79 Å². The lowest BCUT2D eigenvalue weighted by Crippen LogP contribution is -2.49. The number of aliphatic hydroxyl groups is 1. The summed E-state index contributed by atoms with van der Waals surface area (Å²) < 4.78 is 5.12. The van der Waals surface area contributed by atoms with Crippen molar-refractivity contribution in [3.8, 4) is 0 Å². The van der Waals surface area contributed by atoms with Crippen molar-refractivity contribution in [3.05, 3.63) is 23.8 Å². The van der Waals surface area contributed by atoms with E-state index < -0.39 is 22.8 Å². The molecule has 0 spiro atoms. The number of hydrogen-bond donors (Lipinski definition) is 1. The van der Waals surface area contributed by atoms with E-state index >= 15 is 0 Å². The largest absolute Gasteiger partial charge is 0.464 e. The fourth-order valence-corrected chi connectivity index (χ4v) is 8.53. The molecule has 0 radical (unpaired) electrons. The summed E-state index contributed by atoms with van der Waals surface area (Å²) in [5, 5.41) is 11.2. The van der Waals surface area contributed by atoms with Crippen molar-refractivity contribution in [1.29, 1.82) is 0 Å². The summed E-state index contributed by atoms with van der Waals surface area (Å²) >= 11 is 0. The first kappa shape index (κ1) is 25.7. The van der Waals surface area contributed by atoms with E-state index in [9.17, 15) is 14.7 Å². The van der Waals surface area contributed by atoms with Crippen LogP contribution >= 0.6 is 0 Å². The van der Waals surface area contributed by atoms with Crippen LogP contribution < -0.4 is 0 Å². The van der Waals surface area contributed by atoms with Crippen LogP contribution in [0.1, 0.15) is 87.0 Å². The van der Waals surface area contributed by atoms with Gasteiger partial charge in [-0.1, -0.05) is 59.8 Å². The van der Waals surface area contributed by atoms with E-state index in [1.165, 1.54) is 12.8 Å². The first-order chi connectivity index (χ1) is 15.9. The van der Waals surface area contributed by atoms with E-state index in [4.69, 9.17) is 4.74 Å². The Morgan fingerprint density at radius 1 is 1.15 bits per heavy atom. The molecule has 9 atom stereocenters. The zero-order valence-electron chi connectivity index (χ0n) is 22.4. The lowest BCUT2D eigenvalue weighted by atomic mass is 9.49. The van der Waals surface area contributed by atoms with E-state index in [2.05, 4.69) is 59.8 Å². The minimum atomic E-state index is -2.02. The Morgan fingerprint density at radius 3 is 2.50 bits per heavy atom. The van der Waals surface area contributed by atoms with Crippen LogP contribution in [0, 0.1) is 52.3 Å². The summed E-state index contributed by atoms with van der Waals surface area (Å²) in [7, 11) is 0. The van der Waals surface area contributed by atoms with Crippen molar-refractivity contribution in [1.82, 2.24) is 0 Å². The molecule has 34 heavy (non-hydrogen) atoms. The highest BCUT2D eigenvalue weighted by atomic mass is 16.5. The molecule has 4 aliphatic rings. The minimum absolute atomic E-state index is 0.167. The molecule has 3 saturated carbocycles. The van der Waals surface area contributed by atoms with Gasteiger partial charge in [0.15, 0.2) is 0 Å². The van der Waals surface area contributed by atoms with Crippen molar-refractivity contribution >= 4 is 11.8 Å². The van der Waals surface area contributed by atoms with Crippen LogP contribution in [0.5, 0.6) is 0 Å². The van der Waals surface area contributed by atoms with E-state index in [1.807, 2.05) is 0 Å². The molecule has 4 nitrogen and oxygen atoms in total. The van der Waals surface area contributed by atoms with Crippen LogP contribution in [0.3, 0.4) is 0 Å². The Hall–Kier alpha value is -1.42. The number of hydrogen-bond acceptors (Lipinski definition) is 4. The molecule has 0 heterocycles. The summed E-state index contributed by atoms with van der Waals surface area (Å²) in [5.74, 6) is 2.82. The molecule has 4 aliphatic carbocycles. The topological polar surface area (TPSA) is 63.6 Å². The van der Waals surface area contributed by atoms with Gasteiger partial charge in [0.2, 0.25) is 11.4 Å². The van der Waals surface area contributed by atoms with Crippen LogP contribution in [0.25, 0.3) is 0 Å². The number of fused-ring (bicyclic) bond motifs is 5. The number of Topliss-reactive ketones (excluding diaryl/α,β-unsaturated/α-hetero) is 1. The van der Waals surface area contributed by atoms with Crippen molar-refractivity contribution in [2.45, 2.75) is 92.6 Å². The Morgan fingerprint density at radius 2 is 1.85 bits per heavy atom. The summed E-state index contributed by atoms with van der Waals surface area (Å²) in [5.41, 5.74) is -1.47. The van der Waals surface area contributed by atoms with Crippen LogP contribution in [-0.4, -0.2) is 29.1 Å². The molecule has 3 fully saturated rings. The van der Waals surface area contributed by atoms with Gasteiger partial charge in [-0.15, -0.1) is 0 Å². The predicted molar refractivity (Wildman–Crippen MR) is 135 cm³/mol. The van der Waals surface area contributed by atoms with Gasteiger partial charge in [0.05, 0.1) is 6.61 Å². The van der Waals surface area contributed by atoms with Crippen LogP contribution in [-0.2, 0) is 14.3 Å². The summed E-state index contributed by atoms with van der Waals surface area (Å²) in [6.45, 7) is 15.8. The first-order valence-electron chi connectivity index (χ1n) is 13.7. The fraction of sp³-hybridized carbons (Fsp3) is 0.800. The Labute approximate surface area is 206 Å². The molecular formula is C30H46O4. The van der Waals surface area contributed by atoms with Gasteiger partial charge in [-0.05, 0) is 85.9 Å². The summed E-state index contributed by atoms with van der Waals surface area (Å²) in [6, 6.07) is 0. The Kier molecular flexibility index (Phi) is 6.72. The highest BCUT2D eigenvalue weighted by molar-refractivity contribution is 6.18. The van der Waals surface area contributed by atoms with Crippen molar-refractivity contribution in [3.63, 3.8) is 0 Å². The van der Waals surface area contributed by atoms with Gasteiger partial charge in [0.1, 0.15) is 0 Å². The predicted octanol–water partition coefficient (Wildman–Crippen LogP) is 6.13. The highest BCUT2D eigenvalue weighted by Gasteiger charge is 2.67.